The van der Waals surface area contributed by atoms with Crippen LogP contribution in [0, 0.1) is 0 Å². The van der Waals surface area contributed by atoms with Gasteiger partial charge in [0.05, 0.1) is 37.3 Å². The molecule has 2 aromatic rings. The van der Waals surface area contributed by atoms with Gasteiger partial charge in [0.15, 0.2) is 0 Å². The highest BCUT2D eigenvalue weighted by Gasteiger charge is 2.12. The Labute approximate surface area is 156 Å². The van der Waals surface area contributed by atoms with Crippen LogP contribution in [0.25, 0.3) is 0 Å². The molecule has 0 fully saturated rings. The number of carbonyl (C=O) groups excluding carboxylic acids is 1. The SMILES string of the molecule is COCCCNC(=O)c1cnc(Nc2cc(OC)c(Cl)cc2OC)cn1. The van der Waals surface area contributed by atoms with Crippen molar-refractivity contribution in [2.24, 2.45) is 0 Å². The zero-order chi connectivity index (χ0) is 18.9. The fraction of sp³-hybridized carbons (Fsp3) is 0.353. The van der Waals surface area contributed by atoms with E-state index in [0.29, 0.717) is 41.2 Å². The van der Waals surface area contributed by atoms with Gasteiger partial charge in [0.25, 0.3) is 5.91 Å². The third kappa shape index (κ3) is 5.21. The van der Waals surface area contributed by atoms with E-state index in [1.165, 1.54) is 26.6 Å². The first-order valence-corrected chi connectivity index (χ1v) is 8.24. The van der Waals surface area contributed by atoms with Crippen molar-refractivity contribution in [1.29, 1.82) is 0 Å². The molecular weight excluding hydrogens is 360 g/mol. The molecule has 0 unspecified atom stereocenters. The molecule has 1 aromatic heterocycles. The quantitative estimate of drug-likeness (QED) is 0.646. The molecule has 0 radical (unpaired) electrons. The highest BCUT2D eigenvalue weighted by molar-refractivity contribution is 6.32. The van der Waals surface area contributed by atoms with Gasteiger partial charge in [-0.1, -0.05) is 11.6 Å². The molecular formula is C17H21ClN4O4. The molecule has 140 valence electrons. The average molecular weight is 381 g/mol. The minimum Gasteiger partial charge on any atom is -0.495 e. The minimum atomic E-state index is -0.286. The van der Waals surface area contributed by atoms with Crippen LogP contribution in [0.5, 0.6) is 11.5 Å². The van der Waals surface area contributed by atoms with Crippen LogP contribution in [-0.4, -0.2) is 50.4 Å². The lowest BCUT2D eigenvalue weighted by Gasteiger charge is -2.13. The highest BCUT2D eigenvalue weighted by Crippen LogP contribution is 2.36. The Morgan fingerprint density at radius 1 is 1.12 bits per heavy atom. The molecule has 0 saturated heterocycles. The van der Waals surface area contributed by atoms with Crippen LogP contribution in [0.4, 0.5) is 11.5 Å². The predicted molar refractivity (Wildman–Crippen MR) is 98.7 cm³/mol. The van der Waals surface area contributed by atoms with Gasteiger partial charge in [-0.3, -0.25) is 4.79 Å². The number of anilines is 2. The van der Waals surface area contributed by atoms with E-state index in [-0.39, 0.29) is 11.6 Å². The van der Waals surface area contributed by atoms with Gasteiger partial charge in [-0.25, -0.2) is 9.97 Å². The number of halogens is 1. The molecule has 1 heterocycles. The summed E-state index contributed by atoms with van der Waals surface area (Å²) < 4.78 is 15.4. The van der Waals surface area contributed by atoms with Crippen molar-refractivity contribution in [2.75, 3.05) is 39.8 Å². The van der Waals surface area contributed by atoms with Crippen molar-refractivity contribution >= 4 is 29.0 Å². The van der Waals surface area contributed by atoms with Crippen molar-refractivity contribution in [3.8, 4) is 11.5 Å². The summed E-state index contributed by atoms with van der Waals surface area (Å²) in [5.41, 5.74) is 0.841. The van der Waals surface area contributed by atoms with Crippen LogP contribution in [0.3, 0.4) is 0 Å². The summed E-state index contributed by atoms with van der Waals surface area (Å²) in [4.78, 5) is 20.3. The van der Waals surface area contributed by atoms with Crippen LogP contribution >= 0.6 is 11.6 Å². The number of hydrogen-bond donors (Lipinski definition) is 2. The molecule has 0 aliphatic carbocycles. The lowest BCUT2D eigenvalue weighted by atomic mass is 10.2. The standard InChI is InChI=1S/C17H21ClN4O4/c1-24-6-4-5-19-17(23)13-9-21-16(10-20-13)22-12-8-14(25-2)11(18)7-15(12)26-3/h7-10H,4-6H2,1-3H3,(H,19,23)(H,21,22). The topological polar surface area (TPSA) is 94.6 Å². The second-order valence-corrected chi connectivity index (χ2v) is 5.61. The number of amides is 1. The van der Waals surface area contributed by atoms with E-state index < -0.39 is 0 Å². The van der Waals surface area contributed by atoms with Crippen molar-refractivity contribution in [3.05, 3.63) is 35.2 Å². The van der Waals surface area contributed by atoms with E-state index in [0.717, 1.165) is 6.42 Å². The Kier molecular flexibility index (Phi) is 7.43. The summed E-state index contributed by atoms with van der Waals surface area (Å²) in [5.74, 6) is 1.18. The lowest BCUT2D eigenvalue weighted by Crippen LogP contribution is -2.26. The number of aromatic nitrogens is 2. The summed E-state index contributed by atoms with van der Waals surface area (Å²) in [6, 6.07) is 3.33. The first-order valence-electron chi connectivity index (χ1n) is 7.86. The van der Waals surface area contributed by atoms with Crippen molar-refractivity contribution < 1.29 is 19.0 Å². The van der Waals surface area contributed by atoms with Gasteiger partial charge in [0, 0.05) is 32.4 Å². The summed E-state index contributed by atoms with van der Waals surface area (Å²) in [6.07, 6.45) is 3.59. The van der Waals surface area contributed by atoms with Crippen LogP contribution in [0.15, 0.2) is 24.5 Å². The fourth-order valence-electron chi connectivity index (χ4n) is 2.11. The number of nitrogens with one attached hydrogen (secondary N) is 2. The number of rotatable bonds is 9. The van der Waals surface area contributed by atoms with Gasteiger partial charge < -0.3 is 24.8 Å². The van der Waals surface area contributed by atoms with Crippen LogP contribution < -0.4 is 20.1 Å². The van der Waals surface area contributed by atoms with Gasteiger partial charge in [0.1, 0.15) is 23.0 Å². The molecule has 0 aliphatic heterocycles. The number of ether oxygens (including phenoxy) is 3. The van der Waals surface area contributed by atoms with E-state index in [1.807, 2.05) is 0 Å². The van der Waals surface area contributed by atoms with Gasteiger partial charge in [-0.15, -0.1) is 0 Å². The third-order valence-electron chi connectivity index (χ3n) is 3.43. The zero-order valence-electron chi connectivity index (χ0n) is 14.8. The van der Waals surface area contributed by atoms with E-state index in [2.05, 4.69) is 20.6 Å². The Hall–Kier alpha value is -2.58. The number of methoxy groups -OCH3 is 3. The van der Waals surface area contributed by atoms with E-state index in [9.17, 15) is 4.79 Å². The second-order valence-electron chi connectivity index (χ2n) is 5.20. The molecule has 8 nitrogen and oxygen atoms in total. The van der Waals surface area contributed by atoms with E-state index >= 15 is 0 Å². The van der Waals surface area contributed by atoms with Crippen molar-refractivity contribution in [2.45, 2.75) is 6.42 Å². The van der Waals surface area contributed by atoms with Crippen molar-refractivity contribution in [3.63, 3.8) is 0 Å². The molecule has 0 saturated carbocycles. The summed E-state index contributed by atoms with van der Waals surface area (Å²) in [7, 11) is 4.67. The molecule has 26 heavy (non-hydrogen) atoms. The monoisotopic (exact) mass is 380 g/mol. The maximum atomic E-state index is 12.0. The Morgan fingerprint density at radius 2 is 1.88 bits per heavy atom. The third-order valence-corrected chi connectivity index (χ3v) is 3.73. The Morgan fingerprint density at radius 3 is 2.50 bits per heavy atom. The second kappa shape index (κ2) is 9.79. The Balaban J connectivity index is 2.06. The number of carbonyl (C=O) groups is 1. The van der Waals surface area contributed by atoms with Crippen LogP contribution in [0.2, 0.25) is 5.02 Å². The summed E-state index contributed by atoms with van der Waals surface area (Å²) >= 11 is 6.09. The minimum absolute atomic E-state index is 0.230. The lowest BCUT2D eigenvalue weighted by molar-refractivity contribution is 0.0943. The molecule has 0 aliphatic rings. The molecule has 0 spiro atoms. The summed E-state index contributed by atoms with van der Waals surface area (Å²) in [5, 5.41) is 6.25. The van der Waals surface area contributed by atoms with Gasteiger partial charge in [0.2, 0.25) is 0 Å². The van der Waals surface area contributed by atoms with Crippen molar-refractivity contribution in [1.82, 2.24) is 15.3 Å². The number of benzene rings is 1. The van der Waals surface area contributed by atoms with Gasteiger partial charge in [-0.2, -0.15) is 0 Å². The molecule has 1 amide bonds. The van der Waals surface area contributed by atoms with Gasteiger partial charge in [-0.05, 0) is 6.42 Å². The predicted octanol–water partition coefficient (Wildman–Crippen LogP) is 2.66. The Bertz CT molecular complexity index is 740. The number of nitrogens with zero attached hydrogens (tertiary/aromatic N) is 2. The van der Waals surface area contributed by atoms with Crippen LogP contribution in [-0.2, 0) is 4.74 Å². The molecule has 0 atom stereocenters. The van der Waals surface area contributed by atoms with Gasteiger partial charge >= 0.3 is 0 Å². The molecule has 2 N–H and O–H groups in total. The van der Waals surface area contributed by atoms with E-state index in [1.54, 1.807) is 19.2 Å². The molecule has 2 rings (SSSR count). The fourth-order valence-corrected chi connectivity index (χ4v) is 2.35. The van der Waals surface area contributed by atoms with Crippen LogP contribution in [0.1, 0.15) is 16.9 Å². The summed E-state index contributed by atoms with van der Waals surface area (Å²) in [6.45, 7) is 1.09. The molecule has 9 heteroatoms. The first kappa shape index (κ1) is 19.7. The first-order chi connectivity index (χ1) is 12.6. The normalized spacial score (nSPS) is 10.3. The smallest absolute Gasteiger partial charge is 0.271 e. The molecule has 1 aromatic carbocycles. The number of hydrogen-bond acceptors (Lipinski definition) is 7. The zero-order valence-corrected chi connectivity index (χ0v) is 15.6. The highest BCUT2D eigenvalue weighted by atomic mass is 35.5. The van der Waals surface area contributed by atoms with E-state index in [4.69, 9.17) is 25.8 Å². The average Bonchev–Trinajstić information content (AvgIpc) is 2.66. The molecule has 0 bridgehead atoms. The maximum absolute atomic E-state index is 12.0. The largest absolute Gasteiger partial charge is 0.495 e. The maximum Gasteiger partial charge on any atom is 0.271 e.